The molecule has 1 unspecified atom stereocenters. The van der Waals surface area contributed by atoms with Gasteiger partial charge in [-0.1, -0.05) is 62.9 Å². The third-order valence-electron chi connectivity index (χ3n) is 4.52. The van der Waals surface area contributed by atoms with E-state index in [1.165, 1.54) is 36.8 Å². The molecule has 2 heteroatoms. The lowest BCUT2D eigenvalue weighted by Crippen LogP contribution is -2.03. The lowest BCUT2D eigenvalue weighted by molar-refractivity contribution is 0.306. The van der Waals surface area contributed by atoms with Crippen LogP contribution < -0.4 is 4.74 Å². The molecule has 1 atom stereocenters. The number of unbranched alkanes of at least 4 members (excludes halogenated alkanes) is 1. The summed E-state index contributed by atoms with van der Waals surface area (Å²) in [6.45, 7) is 8.14. The number of aryl methyl sites for hydroxylation is 1. The number of benzene rings is 2. The summed E-state index contributed by atoms with van der Waals surface area (Å²) in [7, 11) is 0. The highest BCUT2D eigenvalue weighted by Crippen LogP contribution is 2.15. The molecule has 0 saturated carbocycles. The Bertz CT molecular complexity index is 645. The van der Waals surface area contributed by atoms with Gasteiger partial charge in [0.05, 0.1) is 0 Å². The summed E-state index contributed by atoms with van der Waals surface area (Å²) in [6, 6.07) is 16.6. The third kappa shape index (κ3) is 7.13. The number of ether oxygens (including phenoxy) is 1. The highest BCUT2D eigenvalue weighted by Gasteiger charge is 2.03. The zero-order chi connectivity index (χ0) is 17.9. The lowest BCUT2D eigenvalue weighted by Gasteiger charge is -2.10. The molecular formula is C23H31NO. The van der Waals surface area contributed by atoms with Crippen LogP contribution in [0.3, 0.4) is 0 Å². The van der Waals surface area contributed by atoms with Gasteiger partial charge in [-0.3, -0.25) is 4.99 Å². The molecule has 0 bridgehead atoms. The van der Waals surface area contributed by atoms with Gasteiger partial charge < -0.3 is 4.74 Å². The van der Waals surface area contributed by atoms with Crippen LogP contribution in [-0.2, 0) is 6.61 Å². The second-order valence-electron chi connectivity index (χ2n) is 6.76. The van der Waals surface area contributed by atoms with E-state index in [4.69, 9.17) is 4.74 Å². The maximum Gasteiger partial charge on any atom is 0.119 e. The van der Waals surface area contributed by atoms with Crippen LogP contribution in [0.15, 0.2) is 53.5 Å². The molecule has 2 aromatic carbocycles. The van der Waals surface area contributed by atoms with Gasteiger partial charge in [0.2, 0.25) is 0 Å². The fraction of sp³-hybridized carbons (Fsp3) is 0.435. The summed E-state index contributed by atoms with van der Waals surface area (Å²) in [5.74, 6) is 1.61. The van der Waals surface area contributed by atoms with Crippen molar-refractivity contribution in [2.24, 2.45) is 10.9 Å². The Morgan fingerprint density at radius 1 is 1.08 bits per heavy atom. The Kier molecular flexibility index (Phi) is 8.24. The van der Waals surface area contributed by atoms with E-state index in [1.807, 2.05) is 18.3 Å². The maximum absolute atomic E-state index is 5.86. The summed E-state index contributed by atoms with van der Waals surface area (Å²) in [5.41, 5.74) is 3.59. The Balaban J connectivity index is 1.81. The van der Waals surface area contributed by atoms with Crippen molar-refractivity contribution in [3.63, 3.8) is 0 Å². The largest absolute Gasteiger partial charge is 0.489 e. The second-order valence-corrected chi connectivity index (χ2v) is 6.76. The fourth-order valence-corrected chi connectivity index (χ4v) is 2.84. The average Bonchev–Trinajstić information content (AvgIpc) is 2.64. The molecule has 2 nitrogen and oxygen atoms in total. The minimum absolute atomic E-state index is 0.602. The predicted octanol–water partition coefficient (Wildman–Crippen LogP) is 6.21. The van der Waals surface area contributed by atoms with Crippen molar-refractivity contribution in [1.82, 2.24) is 0 Å². The molecule has 0 amide bonds. The normalized spacial score (nSPS) is 12.4. The first-order chi connectivity index (χ1) is 12.2. The van der Waals surface area contributed by atoms with Gasteiger partial charge in [-0.2, -0.15) is 0 Å². The van der Waals surface area contributed by atoms with E-state index in [2.05, 4.69) is 62.2 Å². The number of nitrogens with zero attached hydrogens (tertiary/aromatic N) is 1. The third-order valence-corrected chi connectivity index (χ3v) is 4.52. The van der Waals surface area contributed by atoms with E-state index in [9.17, 15) is 0 Å². The first-order valence-corrected chi connectivity index (χ1v) is 9.49. The Morgan fingerprint density at radius 3 is 2.56 bits per heavy atom. The van der Waals surface area contributed by atoms with Crippen molar-refractivity contribution < 1.29 is 4.74 Å². The Labute approximate surface area is 153 Å². The second kappa shape index (κ2) is 10.7. The van der Waals surface area contributed by atoms with Gasteiger partial charge in [-0.05, 0) is 54.7 Å². The monoisotopic (exact) mass is 337 g/mol. The molecule has 2 aromatic rings. The van der Waals surface area contributed by atoms with Crippen molar-refractivity contribution in [3.8, 4) is 5.75 Å². The average molecular weight is 338 g/mol. The molecular weight excluding hydrogens is 306 g/mol. The number of hydrogen-bond acceptors (Lipinski definition) is 2. The van der Waals surface area contributed by atoms with Gasteiger partial charge >= 0.3 is 0 Å². The van der Waals surface area contributed by atoms with Gasteiger partial charge in [-0.25, -0.2) is 0 Å². The van der Waals surface area contributed by atoms with Crippen LogP contribution in [0.25, 0.3) is 0 Å². The first-order valence-electron chi connectivity index (χ1n) is 9.49. The topological polar surface area (TPSA) is 21.6 Å². The summed E-state index contributed by atoms with van der Waals surface area (Å²) >= 11 is 0. The van der Waals surface area contributed by atoms with Crippen LogP contribution in [0, 0.1) is 12.8 Å². The molecule has 0 aliphatic heterocycles. The van der Waals surface area contributed by atoms with E-state index in [1.54, 1.807) is 0 Å². The molecule has 2 rings (SSSR count). The number of hydrogen-bond donors (Lipinski definition) is 0. The highest BCUT2D eigenvalue weighted by atomic mass is 16.5. The van der Waals surface area contributed by atoms with E-state index in [0.29, 0.717) is 12.5 Å². The standard InChI is InChI=1S/C23H31NO/c1-4-6-9-20(5-2)16-24-17-21-11-13-23(14-12-21)25-18-22-10-7-8-19(3)15-22/h7-8,10-15,17,20H,4-6,9,16,18H2,1-3H3/b24-17+. The van der Waals surface area contributed by atoms with Crippen LogP contribution in [-0.4, -0.2) is 12.8 Å². The van der Waals surface area contributed by atoms with Gasteiger partial charge in [-0.15, -0.1) is 0 Å². The molecule has 134 valence electrons. The number of rotatable bonds is 10. The molecule has 0 heterocycles. The van der Waals surface area contributed by atoms with Crippen molar-refractivity contribution in [3.05, 3.63) is 65.2 Å². The Hall–Kier alpha value is -2.09. The van der Waals surface area contributed by atoms with Gasteiger partial charge in [0.15, 0.2) is 0 Å². The van der Waals surface area contributed by atoms with Crippen LogP contribution in [0.4, 0.5) is 0 Å². The van der Waals surface area contributed by atoms with Gasteiger partial charge in [0.1, 0.15) is 12.4 Å². The summed E-state index contributed by atoms with van der Waals surface area (Å²) in [6.07, 6.45) is 7.06. The molecule has 0 N–H and O–H groups in total. The minimum atomic E-state index is 0.602. The molecule has 25 heavy (non-hydrogen) atoms. The molecule has 0 saturated heterocycles. The van der Waals surface area contributed by atoms with Crippen molar-refractivity contribution in [2.45, 2.75) is 53.1 Å². The zero-order valence-electron chi connectivity index (χ0n) is 15.9. The highest BCUT2D eigenvalue weighted by molar-refractivity contribution is 5.79. The fourth-order valence-electron chi connectivity index (χ4n) is 2.84. The molecule has 0 aliphatic rings. The lowest BCUT2D eigenvalue weighted by atomic mass is 10.00. The van der Waals surface area contributed by atoms with E-state index in [0.717, 1.165) is 17.9 Å². The predicted molar refractivity (Wildman–Crippen MR) is 108 cm³/mol. The zero-order valence-corrected chi connectivity index (χ0v) is 15.9. The SMILES string of the molecule is CCCCC(CC)C/N=C/c1ccc(OCc2cccc(C)c2)cc1. The summed E-state index contributed by atoms with van der Waals surface area (Å²) in [4.78, 5) is 4.63. The smallest absolute Gasteiger partial charge is 0.119 e. The van der Waals surface area contributed by atoms with Gasteiger partial charge in [0.25, 0.3) is 0 Å². The van der Waals surface area contributed by atoms with Crippen molar-refractivity contribution in [2.75, 3.05) is 6.54 Å². The van der Waals surface area contributed by atoms with Crippen molar-refractivity contribution in [1.29, 1.82) is 0 Å². The van der Waals surface area contributed by atoms with Crippen LogP contribution in [0.5, 0.6) is 5.75 Å². The van der Waals surface area contributed by atoms with Crippen LogP contribution in [0.1, 0.15) is 56.2 Å². The first kappa shape index (κ1) is 19.2. The maximum atomic E-state index is 5.86. The molecule has 0 radical (unpaired) electrons. The molecule has 0 spiro atoms. The van der Waals surface area contributed by atoms with Gasteiger partial charge in [0, 0.05) is 12.8 Å². The van der Waals surface area contributed by atoms with Crippen LogP contribution >= 0.6 is 0 Å². The number of aliphatic imine (C=N–C) groups is 1. The van der Waals surface area contributed by atoms with Crippen LogP contribution in [0.2, 0.25) is 0 Å². The molecule has 0 fully saturated rings. The quantitative estimate of drug-likeness (QED) is 0.472. The van der Waals surface area contributed by atoms with E-state index < -0.39 is 0 Å². The molecule has 0 aromatic heterocycles. The van der Waals surface area contributed by atoms with Crippen molar-refractivity contribution >= 4 is 6.21 Å². The minimum Gasteiger partial charge on any atom is -0.489 e. The van der Waals surface area contributed by atoms with E-state index in [-0.39, 0.29) is 0 Å². The Morgan fingerprint density at radius 2 is 1.88 bits per heavy atom. The summed E-state index contributed by atoms with van der Waals surface area (Å²) < 4.78 is 5.86. The van der Waals surface area contributed by atoms with E-state index >= 15 is 0 Å². The molecule has 0 aliphatic carbocycles. The summed E-state index contributed by atoms with van der Waals surface area (Å²) in [5, 5.41) is 0.